The van der Waals surface area contributed by atoms with Gasteiger partial charge in [-0.1, -0.05) is 51.9 Å². The highest BCUT2D eigenvalue weighted by atomic mass is 35.5. The van der Waals surface area contributed by atoms with Gasteiger partial charge in [0, 0.05) is 70.0 Å². The minimum absolute atomic E-state index is 0. The standard InChI is InChI=1S/C23H31F2N3O3.C19H24F2N2O.C16H29N3O3.ClH/c1-23(2,3)31-22(29)27(4)14-19-12-21(28(26-19)13-16-7-5-6-8-16)30-15-17-11-18(24)9-10-20(17)25;1-2-5-17-11-19(23(22-17)12-14-6-3-4-7-14)24-13-15-10-16(20)8-9-18(15)21;1-16(2,3)22-15(21)18(4)11-13-9-14(20)19(17-13)10-12-7-5-6-8-12;/h9-12,16H,5-8,13-15H2,1-4H3;8-11,14H,2-7,12-13H2,1H3;12-13,17H,5-11H2,1-4H3;1H. The zero-order valence-corrected chi connectivity index (χ0v) is 48.2. The predicted molar refractivity (Wildman–Crippen MR) is 293 cm³/mol. The van der Waals surface area contributed by atoms with Crippen LogP contribution in [0, 0.1) is 41.0 Å². The lowest BCUT2D eigenvalue weighted by Crippen LogP contribution is -2.45. The summed E-state index contributed by atoms with van der Waals surface area (Å²) in [5.41, 5.74) is 4.16. The molecule has 0 radical (unpaired) electrons. The maximum absolute atomic E-state index is 14.0. The largest absolute Gasteiger partial charge is 0.473 e. The molecule has 434 valence electrons. The van der Waals surface area contributed by atoms with Crippen molar-refractivity contribution in [3.05, 3.63) is 94.3 Å². The fourth-order valence-corrected chi connectivity index (χ4v) is 10.1. The summed E-state index contributed by atoms with van der Waals surface area (Å²) in [7, 11) is 3.35. The molecule has 1 N–H and O–H groups in total. The SMILES string of the molecule is CCCc1cc(OCc2cc(F)ccc2F)n(CC2CCCC2)n1.CN(CC1CC(=O)N(CC2CCCC2)N1)C(=O)OC(C)(C)C.CN(Cc1cc(OCc2cc(F)ccc2F)n(CC2CCCC2)n1)C(=O)OC(C)(C)C.Cl. The topological polar surface area (TPSA) is 146 Å². The molecule has 1 saturated heterocycles. The van der Waals surface area contributed by atoms with Gasteiger partial charge in [-0.2, -0.15) is 10.2 Å². The van der Waals surface area contributed by atoms with E-state index in [1.807, 2.05) is 52.3 Å². The van der Waals surface area contributed by atoms with Crippen LogP contribution in [0.4, 0.5) is 27.2 Å². The lowest BCUT2D eigenvalue weighted by atomic mass is 10.1. The number of carbonyl (C=O) groups is 3. The number of nitrogens with one attached hydrogen (secondary N) is 1. The summed E-state index contributed by atoms with van der Waals surface area (Å²) >= 11 is 0. The van der Waals surface area contributed by atoms with Crippen molar-refractivity contribution in [2.24, 2.45) is 17.8 Å². The van der Waals surface area contributed by atoms with Crippen LogP contribution in [0.1, 0.15) is 161 Å². The average molecular weight is 1120 g/mol. The molecule has 20 heteroatoms. The number of likely N-dealkylation sites (N-methyl/N-ethyl adjacent to an activating group) is 1. The molecule has 3 amide bonds. The second-order valence-electron chi connectivity index (χ2n) is 23.3. The van der Waals surface area contributed by atoms with Crippen LogP contribution < -0.4 is 14.9 Å². The summed E-state index contributed by atoms with van der Waals surface area (Å²) in [6.45, 7) is 16.0. The van der Waals surface area contributed by atoms with E-state index in [0.29, 0.717) is 54.7 Å². The third-order valence-electron chi connectivity index (χ3n) is 14.0. The molecule has 4 aliphatic rings. The van der Waals surface area contributed by atoms with Crippen molar-refractivity contribution in [3.8, 4) is 11.8 Å². The van der Waals surface area contributed by atoms with E-state index in [1.54, 1.807) is 29.9 Å². The summed E-state index contributed by atoms with van der Waals surface area (Å²) in [5, 5.41) is 11.0. The molecule has 0 bridgehead atoms. The quantitative estimate of drug-likeness (QED) is 0.0956. The number of ether oxygens (including phenoxy) is 4. The first kappa shape index (κ1) is 63.3. The van der Waals surface area contributed by atoms with E-state index in [1.165, 1.54) is 80.1 Å². The molecule has 4 aromatic rings. The number of aryl methyl sites for hydroxylation is 1. The second kappa shape index (κ2) is 29.6. The van der Waals surface area contributed by atoms with Gasteiger partial charge in [-0.3, -0.25) is 9.80 Å². The zero-order valence-electron chi connectivity index (χ0n) is 47.4. The van der Waals surface area contributed by atoms with E-state index in [9.17, 15) is 31.9 Å². The molecule has 15 nitrogen and oxygen atoms in total. The molecule has 3 aliphatic carbocycles. The van der Waals surface area contributed by atoms with Gasteiger partial charge in [0.1, 0.15) is 47.7 Å². The Morgan fingerprint density at radius 3 is 1.51 bits per heavy atom. The summed E-state index contributed by atoms with van der Waals surface area (Å²) in [6, 6.07) is 10.4. The van der Waals surface area contributed by atoms with Crippen molar-refractivity contribution in [2.45, 2.75) is 195 Å². The van der Waals surface area contributed by atoms with Gasteiger partial charge >= 0.3 is 12.2 Å². The van der Waals surface area contributed by atoms with E-state index in [0.717, 1.165) is 74.8 Å². The number of halogens is 5. The smallest absolute Gasteiger partial charge is 0.410 e. The number of benzene rings is 2. The second-order valence-corrected chi connectivity index (χ2v) is 23.3. The van der Waals surface area contributed by atoms with Crippen molar-refractivity contribution >= 4 is 30.5 Å². The maximum atomic E-state index is 14.0. The molecule has 1 aliphatic heterocycles. The maximum Gasteiger partial charge on any atom is 0.410 e. The molecule has 0 spiro atoms. The third-order valence-corrected chi connectivity index (χ3v) is 14.0. The Bertz CT molecular complexity index is 2530. The number of hydrogen-bond acceptors (Lipinski definition) is 10. The van der Waals surface area contributed by atoms with Gasteiger partial charge < -0.3 is 28.7 Å². The summed E-state index contributed by atoms with van der Waals surface area (Å²) in [6.07, 6.45) is 16.2. The Hall–Kier alpha value is -5.56. The molecule has 78 heavy (non-hydrogen) atoms. The molecule has 1 unspecified atom stereocenters. The Kier molecular flexibility index (Phi) is 24.0. The average Bonchev–Trinajstić information content (AvgIpc) is 4.24. The number of hydrazine groups is 1. The fourth-order valence-electron chi connectivity index (χ4n) is 10.1. The van der Waals surface area contributed by atoms with Crippen LogP contribution in [0.5, 0.6) is 11.8 Å². The Morgan fingerprint density at radius 2 is 1.06 bits per heavy atom. The van der Waals surface area contributed by atoms with Gasteiger partial charge in [-0.05, 0) is 141 Å². The fraction of sp³-hybridized carbons (Fsp3) is 0.638. The molecular formula is C58H85ClF4N8O7. The van der Waals surface area contributed by atoms with E-state index in [-0.39, 0.29) is 61.3 Å². The zero-order chi connectivity index (χ0) is 55.9. The number of carbonyl (C=O) groups excluding carboxylic acids is 3. The highest BCUT2D eigenvalue weighted by molar-refractivity contribution is 5.85. The first-order chi connectivity index (χ1) is 36.5. The highest BCUT2D eigenvalue weighted by Crippen LogP contribution is 2.31. The summed E-state index contributed by atoms with van der Waals surface area (Å²) < 4.78 is 80.5. The first-order valence-electron chi connectivity index (χ1n) is 27.7. The molecular weight excluding hydrogens is 1030 g/mol. The lowest BCUT2D eigenvalue weighted by Gasteiger charge is -2.27. The van der Waals surface area contributed by atoms with E-state index < -0.39 is 40.6 Å². The molecule has 3 heterocycles. The Labute approximate surface area is 465 Å². The van der Waals surface area contributed by atoms with Crippen LogP contribution in [0.3, 0.4) is 0 Å². The van der Waals surface area contributed by atoms with Crippen LogP contribution in [-0.2, 0) is 53.5 Å². The summed E-state index contributed by atoms with van der Waals surface area (Å²) in [5.74, 6) is 1.07. The summed E-state index contributed by atoms with van der Waals surface area (Å²) in [4.78, 5) is 39.3. The molecule has 3 saturated carbocycles. The molecule has 2 aromatic heterocycles. The van der Waals surface area contributed by atoms with Gasteiger partial charge in [0.05, 0.1) is 24.0 Å². The van der Waals surface area contributed by atoms with Gasteiger partial charge in [0.15, 0.2) is 0 Å². The highest BCUT2D eigenvalue weighted by Gasteiger charge is 2.34. The van der Waals surface area contributed by atoms with Crippen LogP contribution in [-0.4, -0.2) is 96.9 Å². The minimum Gasteiger partial charge on any atom is -0.473 e. The predicted octanol–water partition coefficient (Wildman–Crippen LogP) is 12.8. The lowest BCUT2D eigenvalue weighted by molar-refractivity contribution is -0.130. The molecule has 2 aromatic carbocycles. The third kappa shape index (κ3) is 20.6. The number of nitrogens with zero attached hydrogens (tertiary/aromatic N) is 7. The van der Waals surface area contributed by atoms with Crippen molar-refractivity contribution in [2.75, 3.05) is 27.2 Å². The molecule has 4 fully saturated rings. The Balaban J connectivity index is 0.000000218. The van der Waals surface area contributed by atoms with Crippen molar-refractivity contribution in [3.63, 3.8) is 0 Å². The van der Waals surface area contributed by atoms with Crippen LogP contribution in [0.25, 0.3) is 0 Å². The van der Waals surface area contributed by atoms with Gasteiger partial charge in [0.2, 0.25) is 17.7 Å². The van der Waals surface area contributed by atoms with Gasteiger partial charge in [-0.15, -0.1) is 12.4 Å². The van der Waals surface area contributed by atoms with E-state index in [2.05, 4.69) is 22.5 Å². The first-order valence-corrected chi connectivity index (χ1v) is 27.7. The van der Waals surface area contributed by atoms with Crippen LogP contribution in [0.15, 0.2) is 48.5 Å². The van der Waals surface area contributed by atoms with Gasteiger partial charge in [-0.25, -0.2) is 41.9 Å². The number of amides is 3. The minimum atomic E-state index is -0.587. The van der Waals surface area contributed by atoms with Crippen molar-refractivity contribution in [1.82, 2.24) is 39.8 Å². The van der Waals surface area contributed by atoms with Crippen LogP contribution in [0.2, 0.25) is 0 Å². The van der Waals surface area contributed by atoms with E-state index in [4.69, 9.17) is 18.9 Å². The van der Waals surface area contributed by atoms with Crippen LogP contribution >= 0.6 is 12.4 Å². The number of aromatic nitrogens is 4. The normalized spacial score (nSPS) is 17.0. The number of rotatable bonds is 18. The van der Waals surface area contributed by atoms with E-state index >= 15 is 0 Å². The Morgan fingerprint density at radius 1 is 0.641 bits per heavy atom. The molecule has 8 rings (SSSR count). The monoisotopic (exact) mass is 1120 g/mol. The number of hydrogen-bond donors (Lipinski definition) is 1. The van der Waals surface area contributed by atoms with Crippen molar-refractivity contribution < 1.29 is 50.9 Å². The molecule has 1 atom stereocenters. The van der Waals surface area contributed by atoms with Crippen molar-refractivity contribution in [1.29, 1.82) is 0 Å². The van der Waals surface area contributed by atoms with Gasteiger partial charge in [0.25, 0.3) is 0 Å².